The van der Waals surface area contributed by atoms with E-state index in [1.807, 2.05) is 0 Å². The van der Waals surface area contributed by atoms with Crippen molar-refractivity contribution in [3.8, 4) is 17.1 Å². The fourth-order valence-electron chi connectivity index (χ4n) is 1.63. The number of hydrogen-bond donors (Lipinski definition) is 1. The maximum absolute atomic E-state index is 10.8. The highest BCUT2D eigenvalue weighted by atomic mass is 16.6. The molecule has 0 atom stereocenters. The topological polar surface area (TPSA) is 98.1 Å². The van der Waals surface area contributed by atoms with Gasteiger partial charge in [-0.3, -0.25) is 10.1 Å². The average Bonchev–Trinajstić information content (AvgIpc) is 2.87. The zero-order valence-electron chi connectivity index (χ0n) is 9.94. The van der Waals surface area contributed by atoms with Crippen molar-refractivity contribution in [2.24, 2.45) is 5.16 Å². The van der Waals surface area contributed by atoms with Gasteiger partial charge in [-0.05, 0) is 18.2 Å². The Balaban J connectivity index is 2.51. The first kappa shape index (κ1) is 12.6. The number of nitro benzene ring substituents is 1. The molecule has 0 radical (unpaired) electrons. The van der Waals surface area contributed by atoms with Gasteiger partial charge >= 0.3 is 0 Å². The van der Waals surface area contributed by atoms with Gasteiger partial charge in [0, 0.05) is 12.1 Å². The van der Waals surface area contributed by atoms with Gasteiger partial charge in [-0.2, -0.15) is 0 Å². The van der Waals surface area contributed by atoms with Crippen molar-refractivity contribution < 1.29 is 19.3 Å². The van der Waals surface area contributed by atoms with Crippen LogP contribution in [-0.2, 0) is 0 Å². The molecule has 2 rings (SSSR count). The van der Waals surface area contributed by atoms with Gasteiger partial charge in [-0.1, -0.05) is 5.16 Å². The van der Waals surface area contributed by atoms with Crippen molar-refractivity contribution in [1.29, 1.82) is 0 Å². The first-order valence-corrected chi connectivity index (χ1v) is 5.25. The summed E-state index contributed by atoms with van der Waals surface area (Å²) in [7, 11) is 1.46. The van der Waals surface area contributed by atoms with Gasteiger partial charge in [0.25, 0.3) is 5.69 Å². The number of furan rings is 1. The molecule has 1 N–H and O–H groups in total. The number of benzene rings is 1. The van der Waals surface area contributed by atoms with Crippen LogP contribution in [-0.4, -0.2) is 23.5 Å². The Hall–Kier alpha value is -2.83. The van der Waals surface area contributed by atoms with Crippen molar-refractivity contribution in [3.63, 3.8) is 0 Å². The Morgan fingerprint density at radius 3 is 2.84 bits per heavy atom. The smallest absolute Gasteiger partial charge is 0.270 e. The quantitative estimate of drug-likeness (QED) is 0.395. The van der Waals surface area contributed by atoms with E-state index in [4.69, 9.17) is 14.4 Å². The summed E-state index contributed by atoms with van der Waals surface area (Å²) in [5.74, 6) is 1.16. The molecule has 0 unspecified atom stereocenters. The van der Waals surface area contributed by atoms with Crippen LogP contribution in [0.3, 0.4) is 0 Å². The second-order valence-corrected chi connectivity index (χ2v) is 3.59. The molecule has 7 heteroatoms. The Bertz CT molecular complexity index is 633. The molecule has 98 valence electrons. The molecule has 1 heterocycles. The minimum atomic E-state index is -0.498. The molecule has 0 aliphatic carbocycles. The van der Waals surface area contributed by atoms with Gasteiger partial charge in [0.15, 0.2) is 0 Å². The fourth-order valence-corrected chi connectivity index (χ4v) is 1.63. The summed E-state index contributed by atoms with van der Waals surface area (Å²) >= 11 is 0. The predicted molar refractivity (Wildman–Crippen MR) is 66.7 cm³/mol. The normalized spacial score (nSPS) is 10.8. The molecule has 0 aliphatic heterocycles. The largest absolute Gasteiger partial charge is 0.496 e. The van der Waals surface area contributed by atoms with Crippen molar-refractivity contribution in [2.75, 3.05) is 7.11 Å². The molecule has 0 bridgehead atoms. The van der Waals surface area contributed by atoms with Crippen LogP contribution < -0.4 is 4.74 Å². The van der Waals surface area contributed by atoms with Crippen molar-refractivity contribution in [1.82, 2.24) is 0 Å². The van der Waals surface area contributed by atoms with E-state index in [0.717, 1.165) is 6.21 Å². The SMILES string of the molecule is COc1ccc([N+](=O)[O-])cc1-c1ccc(/C=N\O)o1. The minimum Gasteiger partial charge on any atom is -0.496 e. The van der Waals surface area contributed by atoms with Gasteiger partial charge < -0.3 is 14.4 Å². The highest BCUT2D eigenvalue weighted by Gasteiger charge is 2.15. The molecule has 0 saturated carbocycles. The second kappa shape index (κ2) is 5.21. The Kier molecular flexibility index (Phi) is 3.46. The summed E-state index contributed by atoms with van der Waals surface area (Å²) in [5, 5.41) is 22.0. The summed E-state index contributed by atoms with van der Waals surface area (Å²) in [6, 6.07) is 7.39. The van der Waals surface area contributed by atoms with Gasteiger partial charge in [0.05, 0.1) is 17.6 Å². The van der Waals surface area contributed by atoms with E-state index < -0.39 is 4.92 Å². The molecule has 0 amide bonds. The molecular weight excluding hydrogens is 252 g/mol. The standard InChI is InChI=1S/C12H10N2O5/c1-18-11-4-2-8(14(16)17)6-10(11)12-5-3-9(19-12)7-13-15/h2-7,15H,1H3/b13-7-. The lowest BCUT2D eigenvalue weighted by molar-refractivity contribution is -0.384. The third-order valence-corrected chi connectivity index (χ3v) is 2.47. The van der Waals surface area contributed by atoms with Gasteiger partial charge in [-0.15, -0.1) is 0 Å². The lowest BCUT2D eigenvalue weighted by Crippen LogP contribution is -1.91. The zero-order chi connectivity index (χ0) is 13.8. The lowest BCUT2D eigenvalue weighted by atomic mass is 10.1. The van der Waals surface area contributed by atoms with E-state index in [9.17, 15) is 10.1 Å². The van der Waals surface area contributed by atoms with E-state index in [-0.39, 0.29) is 5.69 Å². The number of nitro groups is 1. The highest BCUT2D eigenvalue weighted by Crippen LogP contribution is 2.34. The predicted octanol–water partition coefficient (Wildman–Crippen LogP) is 2.67. The molecule has 1 aromatic heterocycles. The Morgan fingerprint density at radius 1 is 1.42 bits per heavy atom. The number of non-ortho nitro benzene ring substituents is 1. The summed E-state index contributed by atoms with van der Waals surface area (Å²) in [6.45, 7) is 0. The lowest BCUT2D eigenvalue weighted by Gasteiger charge is -2.05. The van der Waals surface area contributed by atoms with Crippen LogP contribution >= 0.6 is 0 Å². The number of ether oxygens (including phenoxy) is 1. The molecular formula is C12H10N2O5. The highest BCUT2D eigenvalue weighted by molar-refractivity contribution is 5.78. The molecule has 2 aromatic rings. The van der Waals surface area contributed by atoms with Gasteiger partial charge in [0.2, 0.25) is 0 Å². The van der Waals surface area contributed by atoms with Crippen molar-refractivity contribution >= 4 is 11.9 Å². The summed E-state index contributed by atoms with van der Waals surface area (Å²) in [4.78, 5) is 10.3. The summed E-state index contributed by atoms with van der Waals surface area (Å²) in [5.41, 5.74) is 0.388. The zero-order valence-corrected chi connectivity index (χ0v) is 9.94. The third-order valence-electron chi connectivity index (χ3n) is 2.47. The average molecular weight is 262 g/mol. The van der Waals surface area contributed by atoms with Crippen LogP contribution in [0, 0.1) is 10.1 Å². The van der Waals surface area contributed by atoms with E-state index in [1.54, 1.807) is 12.1 Å². The fraction of sp³-hybridized carbons (Fsp3) is 0.0833. The van der Waals surface area contributed by atoms with Crippen LogP contribution in [0.2, 0.25) is 0 Å². The minimum absolute atomic E-state index is 0.0652. The number of methoxy groups -OCH3 is 1. The molecule has 0 aliphatic rings. The molecule has 0 fully saturated rings. The van der Waals surface area contributed by atoms with Crippen molar-refractivity contribution in [3.05, 3.63) is 46.2 Å². The van der Waals surface area contributed by atoms with Crippen LogP contribution in [0.4, 0.5) is 5.69 Å². The number of rotatable bonds is 4. The molecule has 0 spiro atoms. The molecule has 19 heavy (non-hydrogen) atoms. The van der Waals surface area contributed by atoms with Crippen LogP contribution in [0.5, 0.6) is 5.75 Å². The van der Waals surface area contributed by atoms with E-state index in [0.29, 0.717) is 22.8 Å². The third kappa shape index (κ3) is 2.54. The Morgan fingerprint density at radius 2 is 2.21 bits per heavy atom. The summed E-state index contributed by atoms with van der Waals surface area (Å²) in [6.07, 6.45) is 1.12. The maximum atomic E-state index is 10.8. The molecule has 7 nitrogen and oxygen atoms in total. The van der Waals surface area contributed by atoms with Gasteiger partial charge in [0.1, 0.15) is 23.5 Å². The van der Waals surface area contributed by atoms with E-state index in [1.165, 1.54) is 25.3 Å². The molecule has 0 saturated heterocycles. The first-order valence-electron chi connectivity index (χ1n) is 5.25. The number of nitrogens with zero attached hydrogens (tertiary/aromatic N) is 2. The van der Waals surface area contributed by atoms with Crippen LogP contribution in [0.1, 0.15) is 5.76 Å². The maximum Gasteiger partial charge on any atom is 0.270 e. The van der Waals surface area contributed by atoms with E-state index >= 15 is 0 Å². The summed E-state index contributed by atoms with van der Waals surface area (Å²) < 4.78 is 10.5. The van der Waals surface area contributed by atoms with E-state index in [2.05, 4.69) is 5.16 Å². The first-order chi connectivity index (χ1) is 9.15. The molecule has 1 aromatic carbocycles. The van der Waals surface area contributed by atoms with Crippen LogP contribution in [0.15, 0.2) is 39.9 Å². The number of oxime groups is 1. The monoisotopic (exact) mass is 262 g/mol. The number of hydrogen-bond acceptors (Lipinski definition) is 6. The van der Waals surface area contributed by atoms with Crippen molar-refractivity contribution in [2.45, 2.75) is 0 Å². The second-order valence-electron chi connectivity index (χ2n) is 3.59. The Labute approximate surface area is 107 Å². The van der Waals surface area contributed by atoms with Crippen LogP contribution in [0.25, 0.3) is 11.3 Å². The van der Waals surface area contributed by atoms with Gasteiger partial charge in [-0.25, -0.2) is 0 Å².